The van der Waals surface area contributed by atoms with E-state index in [1.807, 2.05) is 22.7 Å². The molecule has 2 atom stereocenters. The van der Waals surface area contributed by atoms with Gasteiger partial charge in [0, 0.05) is 23.6 Å². The van der Waals surface area contributed by atoms with Gasteiger partial charge in [0.05, 0.1) is 6.42 Å². The van der Waals surface area contributed by atoms with Crippen molar-refractivity contribution in [1.82, 2.24) is 4.90 Å². The van der Waals surface area contributed by atoms with Crippen LogP contribution in [0, 0.1) is 0 Å². The van der Waals surface area contributed by atoms with E-state index in [9.17, 15) is 9.90 Å². The van der Waals surface area contributed by atoms with Crippen LogP contribution in [0.5, 0.6) is 5.75 Å². The summed E-state index contributed by atoms with van der Waals surface area (Å²) >= 11 is 1.94. The van der Waals surface area contributed by atoms with Gasteiger partial charge in [-0.15, -0.1) is 0 Å². The molecule has 1 amide bonds. The molecule has 2 rings (SSSR count). The highest BCUT2D eigenvalue weighted by atomic mass is 32.2. The Kier molecular flexibility index (Phi) is 4.17. The largest absolute Gasteiger partial charge is 0.508 e. The average molecular weight is 265 g/mol. The van der Waals surface area contributed by atoms with E-state index in [1.54, 1.807) is 18.2 Å². The number of nitrogens with zero attached hydrogens (tertiary/aromatic N) is 1. The Bertz CT molecular complexity index is 426. The van der Waals surface area contributed by atoms with Crippen LogP contribution in [0.4, 0.5) is 0 Å². The van der Waals surface area contributed by atoms with Gasteiger partial charge in [-0.25, -0.2) is 0 Å². The molecule has 4 heteroatoms. The number of aromatic hydroxyl groups is 1. The number of amides is 1. The van der Waals surface area contributed by atoms with E-state index in [1.165, 1.54) is 0 Å². The van der Waals surface area contributed by atoms with Crippen molar-refractivity contribution in [3.8, 4) is 5.75 Å². The molecule has 0 spiro atoms. The van der Waals surface area contributed by atoms with Crippen LogP contribution in [-0.2, 0) is 11.2 Å². The summed E-state index contributed by atoms with van der Waals surface area (Å²) in [5.74, 6) is 0.371. The number of phenols is 1. The molecule has 18 heavy (non-hydrogen) atoms. The van der Waals surface area contributed by atoms with Crippen molar-refractivity contribution < 1.29 is 9.90 Å². The van der Waals surface area contributed by atoms with E-state index in [4.69, 9.17) is 0 Å². The number of thioether (sulfide) groups is 1. The normalized spacial score (nSPS) is 24.0. The van der Waals surface area contributed by atoms with Crippen LogP contribution < -0.4 is 0 Å². The molecule has 0 saturated carbocycles. The second-order valence-electron chi connectivity index (χ2n) is 4.90. The Hall–Kier alpha value is -1.16. The van der Waals surface area contributed by atoms with Crippen molar-refractivity contribution >= 4 is 17.7 Å². The van der Waals surface area contributed by atoms with Crippen LogP contribution in [0.2, 0.25) is 0 Å². The van der Waals surface area contributed by atoms with Gasteiger partial charge in [-0.1, -0.05) is 26.0 Å². The lowest BCUT2D eigenvalue weighted by molar-refractivity contribution is -0.130. The number of benzene rings is 1. The number of carbonyl (C=O) groups excluding carboxylic acids is 1. The first-order chi connectivity index (χ1) is 8.54. The molecule has 1 fully saturated rings. The van der Waals surface area contributed by atoms with E-state index in [0.29, 0.717) is 16.9 Å². The first kappa shape index (κ1) is 13.3. The van der Waals surface area contributed by atoms with Gasteiger partial charge in [0.25, 0.3) is 0 Å². The third-order valence-corrected chi connectivity index (χ3v) is 4.27. The van der Waals surface area contributed by atoms with E-state index in [0.717, 1.165) is 18.7 Å². The van der Waals surface area contributed by atoms with Crippen molar-refractivity contribution in [3.05, 3.63) is 29.8 Å². The third-order valence-electron chi connectivity index (χ3n) is 3.04. The molecule has 1 aromatic rings. The molecule has 2 unspecified atom stereocenters. The van der Waals surface area contributed by atoms with Crippen molar-refractivity contribution in [3.63, 3.8) is 0 Å². The predicted octanol–water partition coefficient (Wildman–Crippen LogP) is 2.29. The number of phenolic OH excluding ortho intramolecular Hbond substituents is 1. The summed E-state index contributed by atoms with van der Waals surface area (Å²) in [6.45, 7) is 5.98. The highest BCUT2D eigenvalue weighted by molar-refractivity contribution is 8.00. The minimum Gasteiger partial charge on any atom is -0.508 e. The summed E-state index contributed by atoms with van der Waals surface area (Å²) in [5, 5.41) is 10.4. The lowest BCUT2D eigenvalue weighted by Gasteiger charge is -2.34. The van der Waals surface area contributed by atoms with Crippen molar-refractivity contribution in [2.24, 2.45) is 0 Å². The fourth-order valence-electron chi connectivity index (χ4n) is 2.33. The molecular formula is C14H19NO2S. The van der Waals surface area contributed by atoms with Gasteiger partial charge in [0.2, 0.25) is 5.91 Å². The summed E-state index contributed by atoms with van der Waals surface area (Å²) in [5.41, 5.74) is 0.874. The topological polar surface area (TPSA) is 40.5 Å². The summed E-state index contributed by atoms with van der Waals surface area (Å²) in [6, 6.07) is 6.93. The molecule has 3 nitrogen and oxygen atoms in total. The van der Waals surface area contributed by atoms with Gasteiger partial charge in [-0.2, -0.15) is 11.8 Å². The van der Waals surface area contributed by atoms with Gasteiger partial charge in [-0.05, 0) is 17.7 Å². The fraction of sp³-hybridized carbons (Fsp3) is 0.500. The zero-order chi connectivity index (χ0) is 13.1. The summed E-state index contributed by atoms with van der Waals surface area (Å²) in [4.78, 5) is 14.1. The number of carbonyl (C=O) groups is 1. The van der Waals surface area contributed by atoms with Gasteiger partial charge in [0.1, 0.15) is 5.75 Å². The maximum Gasteiger partial charge on any atom is 0.227 e. The predicted molar refractivity (Wildman–Crippen MR) is 74.9 cm³/mol. The standard InChI is InChI=1S/C14H19NO2S/c1-10-8-15(9-11(2)18-10)14(17)7-12-4-3-5-13(16)6-12/h3-6,10-11,16H,7-9H2,1-2H3. The smallest absolute Gasteiger partial charge is 0.227 e. The van der Waals surface area contributed by atoms with Crippen molar-refractivity contribution in [2.75, 3.05) is 13.1 Å². The molecule has 1 aliphatic heterocycles. The molecule has 98 valence electrons. The van der Waals surface area contributed by atoms with Crippen LogP contribution in [0.25, 0.3) is 0 Å². The number of hydrogen-bond acceptors (Lipinski definition) is 3. The second-order valence-corrected chi connectivity index (χ2v) is 6.78. The molecule has 0 aromatic heterocycles. The van der Waals surface area contributed by atoms with Gasteiger partial charge in [0.15, 0.2) is 0 Å². The maximum atomic E-state index is 12.2. The highest BCUT2D eigenvalue weighted by Gasteiger charge is 2.25. The van der Waals surface area contributed by atoms with Gasteiger partial charge >= 0.3 is 0 Å². The average Bonchev–Trinajstić information content (AvgIpc) is 2.27. The van der Waals surface area contributed by atoms with E-state index >= 15 is 0 Å². The highest BCUT2D eigenvalue weighted by Crippen LogP contribution is 2.25. The lowest BCUT2D eigenvalue weighted by atomic mass is 10.1. The first-order valence-electron chi connectivity index (χ1n) is 6.25. The summed E-state index contributed by atoms with van der Waals surface area (Å²) in [7, 11) is 0. The number of hydrogen-bond donors (Lipinski definition) is 1. The first-order valence-corrected chi connectivity index (χ1v) is 7.20. The SMILES string of the molecule is CC1CN(C(=O)Cc2cccc(O)c2)CC(C)S1. The molecule has 0 bridgehead atoms. The summed E-state index contributed by atoms with van der Waals surface area (Å²) < 4.78 is 0. The Balaban J connectivity index is 1.99. The van der Waals surface area contributed by atoms with E-state index < -0.39 is 0 Å². The van der Waals surface area contributed by atoms with Gasteiger partial charge < -0.3 is 10.0 Å². The van der Waals surface area contributed by atoms with Crippen LogP contribution in [0.3, 0.4) is 0 Å². The zero-order valence-corrected chi connectivity index (χ0v) is 11.6. The van der Waals surface area contributed by atoms with Crippen LogP contribution in [-0.4, -0.2) is 39.5 Å². The summed E-state index contributed by atoms with van der Waals surface area (Å²) in [6.07, 6.45) is 0.374. The van der Waals surface area contributed by atoms with E-state index in [2.05, 4.69) is 13.8 Å². The molecule has 0 radical (unpaired) electrons. The Morgan fingerprint density at radius 1 is 1.39 bits per heavy atom. The molecular weight excluding hydrogens is 246 g/mol. The Morgan fingerprint density at radius 2 is 2.06 bits per heavy atom. The second kappa shape index (κ2) is 5.65. The molecule has 1 saturated heterocycles. The van der Waals surface area contributed by atoms with Crippen LogP contribution in [0.1, 0.15) is 19.4 Å². The van der Waals surface area contributed by atoms with Crippen LogP contribution >= 0.6 is 11.8 Å². The van der Waals surface area contributed by atoms with Crippen molar-refractivity contribution in [2.45, 2.75) is 30.8 Å². The molecule has 1 heterocycles. The zero-order valence-electron chi connectivity index (χ0n) is 10.8. The Labute approximate surface area is 112 Å². The monoisotopic (exact) mass is 265 g/mol. The number of rotatable bonds is 2. The van der Waals surface area contributed by atoms with Gasteiger partial charge in [-0.3, -0.25) is 4.79 Å². The fourth-order valence-corrected chi connectivity index (χ4v) is 3.66. The molecule has 1 N–H and O–H groups in total. The maximum absolute atomic E-state index is 12.2. The third kappa shape index (κ3) is 3.42. The quantitative estimate of drug-likeness (QED) is 0.892. The minimum absolute atomic E-state index is 0.152. The molecule has 1 aromatic carbocycles. The molecule has 1 aliphatic rings. The minimum atomic E-state index is 0.152. The van der Waals surface area contributed by atoms with E-state index in [-0.39, 0.29) is 11.7 Å². The Morgan fingerprint density at radius 3 is 2.67 bits per heavy atom. The van der Waals surface area contributed by atoms with Crippen molar-refractivity contribution in [1.29, 1.82) is 0 Å². The van der Waals surface area contributed by atoms with Crippen LogP contribution in [0.15, 0.2) is 24.3 Å². The molecule has 0 aliphatic carbocycles. The lowest BCUT2D eigenvalue weighted by Crippen LogP contribution is -2.44.